The van der Waals surface area contributed by atoms with Crippen molar-refractivity contribution >= 4 is 11.9 Å². The molecule has 1 N–H and O–H groups in total. The minimum atomic E-state index is -0.720. The fourth-order valence-electron chi connectivity index (χ4n) is 1.64. The zero-order chi connectivity index (χ0) is 15.9. The monoisotopic (exact) mass is 296 g/mol. The van der Waals surface area contributed by atoms with E-state index >= 15 is 0 Å². The Bertz CT molecular complexity index is 754. The van der Waals surface area contributed by atoms with Gasteiger partial charge in [-0.05, 0) is 30.3 Å². The van der Waals surface area contributed by atoms with Crippen LogP contribution >= 0.6 is 0 Å². The Morgan fingerprint density at radius 1 is 1.09 bits per heavy atom. The Balaban J connectivity index is 2.10. The van der Waals surface area contributed by atoms with Crippen LogP contribution in [0.15, 0.2) is 48.5 Å². The number of phenolic OH excluding ortho intramolecular Hbond substituents is 1. The highest BCUT2D eigenvalue weighted by atomic mass is 16.5. The maximum absolute atomic E-state index is 11.6. The van der Waals surface area contributed by atoms with E-state index in [1.165, 1.54) is 25.3 Å². The van der Waals surface area contributed by atoms with Gasteiger partial charge < -0.3 is 14.6 Å². The van der Waals surface area contributed by atoms with Gasteiger partial charge in [0.15, 0.2) is 0 Å². The molecule has 0 spiro atoms. The number of carbonyl (C=O) groups excluding carboxylic acids is 2. The van der Waals surface area contributed by atoms with Gasteiger partial charge in [0.1, 0.15) is 17.1 Å². The molecule has 5 nitrogen and oxygen atoms in total. The van der Waals surface area contributed by atoms with Gasteiger partial charge in [0.05, 0.1) is 7.11 Å². The average molecular weight is 296 g/mol. The van der Waals surface area contributed by atoms with Crippen molar-refractivity contribution in [1.29, 1.82) is 0 Å². The summed E-state index contributed by atoms with van der Waals surface area (Å²) in [6.45, 7) is 0. The van der Waals surface area contributed by atoms with Crippen molar-refractivity contribution in [3.05, 3.63) is 59.7 Å². The number of aromatic hydroxyl groups is 1. The molecule has 0 bridgehead atoms. The largest absolute Gasteiger partial charge is 0.507 e. The number of para-hydroxylation sites is 1. The molecule has 0 saturated carbocycles. The summed E-state index contributed by atoms with van der Waals surface area (Å²) in [6.07, 6.45) is 0. The van der Waals surface area contributed by atoms with Crippen LogP contribution in [0.2, 0.25) is 0 Å². The number of rotatable bonds is 2. The molecular weight excluding hydrogens is 284 g/mol. The highest BCUT2D eigenvalue weighted by Gasteiger charge is 2.11. The molecular formula is C17H12O5. The number of esters is 2. The third-order valence-corrected chi connectivity index (χ3v) is 2.67. The molecule has 0 atom stereocenters. The second-order valence-corrected chi connectivity index (χ2v) is 4.18. The van der Waals surface area contributed by atoms with Crippen molar-refractivity contribution in [2.24, 2.45) is 0 Å². The third-order valence-electron chi connectivity index (χ3n) is 2.67. The Morgan fingerprint density at radius 3 is 2.45 bits per heavy atom. The molecule has 0 heterocycles. The summed E-state index contributed by atoms with van der Waals surface area (Å²) < 4.78 is 9.51. The number of hydrogen-bond donors (Lipinski definition) is 1. The van der Waals surface area contributed by atoms with Gasteiger partial charge in [-0.2, -0.15) is 0 Å². The highest BCUT2D eigenvalue weighted by molar-refractivity contribution is 5.93. The molecule has 0 unspecified atom stereocenters. The van der Waals surface area contributed by atoms with Crippen LogP contribution in [0.5, 0.6) is 11.5 Å². The van der Waals surface area contributed by atoms with E-state index < -0.39 is 11.9 Å². The molecule has 0 aliphatic rings. The van der Waals surface area contributed by atoms with Crippen LogP contribution in [-0.4, -0.2) is 24.2 Å². The molecule has 2 rings (SSSR count). The molecule has 0 aromatic heterocycles. The van der Waals surface area contributed by atoms with Crippen LogP contribution in [-0.2, 0) is 9.53 Å². The van der Waals surface area contributed by atoms with E-state index in [2.05, 4.69) is 16.6 Å². The predicted molar refractivity (Wildman–Crippen MR) is 78.4 cm³/mol. The minimum absolute atomic E-state index is 0.0277. The van der Waals surface area contributed by atoms with Gasteiger partial charge in [0.25, 0.3) is 0 Å². The Morgan fingerprint density at radius 2 is 1.82 bits per heavy atom. The summed E-state index contributed by atoms with van der Waals surface area (Å²) in [7, 11) is 1.22. The zero-order valence-corrected chi connectivity index (χ0v) is 11.7. The summed E-state index contributed by atoms with van der Waals surface area (Å²) in [4.78, 5) is 22.9. The van der Waals surface area contributed by atoms with E-state index in [0.717, 1.165) is 0 Å². The summed E-state index contributed by atoms with van der Waals surface area (Å²) >= 11 is 0. The van der Waals surface area contributed by atoms with Crippen molar-refractivity contribution in [2.75, 3.05) is 7.11 Å². The van der Waals surface area contributed by atoms with Crippen LogP contribution in [0, 0.1) is 11.8 Å². The average Bonchev–Trinajstić information content (AvgIpc) is 2.53. The first-order valence-corrected chi connectivity index (χ1v) is 6.30. The van der Waals surface area contributed by atoms with Crippen LogP contribution in [0.1, 0.15) is 15.9 Å². The quantitative estimate of drug-likeness (QED) is 0.522. The molecule has 2 aromatic carbocycles. The number of phenols is 1. The predicted octanol–water partition coefficient (Wildman–Crippen LogP) is 2.14. The van der Waals surface area contributed by atoms with Crippen molar-refractivity contribution in [2.45, 2.75) is 0 Å². The molecule has 0 radical (unpaired) electrons. The van der Waals surface area contributed by atoms with E-state index in [9.17, 15) is 14.7 Å². The third kappa shape index (κ3) is 3.87. The van der Waals surface area contributed by atoms with Gasteiger partial charge in [-0.25, -0.2) is 9.59 Å². The summed E-state index contributed by atoms with van der Waals surface area (Å²) in [5.74, 6) is 3.61. The van der Waals surface area contributed by atoms with Gasteiger partial charge in [-0.15, -0.1) is 0 Å². The molecule has 0 aliphatic heterocycles. The first-order chi connectivity index (χ1) is 10.6. The lowest BCUT2D eigenvalue weighted by Crippen LogP contribution is -2.04. The molecule has 0 saturated heterocycles. The normalized spacial score (nSPS) is 9.32. The van der Waals surface area contributed by atoms with Crippen LogP contribution < -0.4 is 4.74 Å². The van der Waals surface area contributed by atoms with Crippen molar-refractivity contribution in [3.8, 4) is 23.3 Å². The van der Waals surface area contributed by atoms with E-state index in [4.69, 9.17) is 4.74 Å². The van der Waals surface area contributed by atoms with Crippen LogP contribution in [0.4, 0.5) is 0 Å². The van der Waals surface area contributed by atoms with Crippen LogP contribution in [0.3, 0.4) is 0 Å². The van der Waals surface area contributed by atoms with E-state index in [-0.39, 0.29) is 11.3 Å². The van der Waals surface area contributed by atoms with E-state index in [1.54, 1.807) is 30.3 Å². The smallest absolute Gasteiger partial charge is 0.390 e. The van der Waals surface area contributed by atoms with Crippen molar-refractivity contribution < 1.29 is 24.2 Å². The van der Waals surface area contributed by atoms with Crippen LogP contribution in [0.25, 0.3) is 0 Å². The second-order valence-electron chi connectivity index (χ2n) is 4.18. The second kappa shape index (κ2) is 6.95. The van der Waals surface area contributed by atoms with Crippen molar-refractivity contribution in [3.63, 3.8) is 0 Å². The zero-order valence-electron chi connectivity index (χ0n) is 11.7. The Labute approximate surface area is 127 Å². The molecule has 5 heteroatoms. The molecule has 0 fully saturated rings. The fourth-order valence-corrected chi connectivity index (χ4v) is 1.64. The molecule has 0 amide bonds. The lowest BCUT2D eigenvalue weighted by Gasteiger charge is -2.02. The van der Waals surface area contributed by atoms with E-state index in [1.807, 2.05) is 0 Å². The summed E-state index contributed by atoms with van der Waals surface area (Å²) in [5, 5.41) is 9.71. The van der Waals surface area contributed by atoms with E-state index in [0.29, 0.717) is 11.3 Å². The Kier molecular flexibility index (Phi) is 4.78. The number of ether oxygens (including phenoxy) is 2. The van der Waals surface area contributed by atoms with Crippen molar-refractivity contribution in [1.82, 2.24) is 0 Å². The maximum Gasteiger partial charge on any atom is 0.390 e. The SMILES string of the molecule is COC(=O)c1ccc(C#CC(=O)Oc2ccccc2)cc1O. The highest BCUT2D eigenvalue weighted by Crippen LogP contribution is 2.19. The standard InChI is InChI=1S/C17H12O5/c1-21-17(20)14-9-7-12(11-15(14)18)8-10-16(19)22-13-5-3-2-4-6-13/h2-7,9,11,18H,1H3. The lowest BCUT2D eigenvalue weighted by molar-refractivity contribution is -0.128. The summed E-state index contributed by atoms with van der Waals surface area (Å²) in [5.41, 5.74) is 0.398. The first kappa shape index (κ1) is 15.1. The number of benzene rings is 2. The molecule has 110 valence electrons. The first-order valence-electron chi connectivity index (χ1n) is 6.30. The lowest BCUT2D eigenvalue weighted by atomic mass is 10.1. The van der Waals surface area contributed by atoms with Gasteiger partial charge in [0.2, 0.25) is 0 Å². The number of carbonyl (C=O) groups is 2. The van der Waals surface area contributed by atoms with Gasteiger partial charge >= 0.3 is 11.9 Å². The molecule has 2 aromatic rings. The molecule has 22 heavy (non-hydrogen) atoms. The number of methoxy groups -OCH3 is 1. The molecule has 0 aliphatic carbocycles. The van der Waals surface area contributed by atoms with Gasteiger partial charge in [-0.3, -0.25) is 0 Å². The Hall–Kier alpha value is -3.26. The minimum Gasteiger partial charge on any atom is -0.507 e. The van der Waals surface area contributed by atoms with Gasteiger partial charge in [0, 0.05) is 11.5 Å². The topological polar surface area (TPSA) is 72.8 Å². The fraction of sp³-hybridized carbons (Fsp3) is 0.0588. The maximum atomic E-state index is 11.6. The summed E-state index contributed by atoms with van der Waals surface area (Å²) in [6, 6.07) is 12.7. The number of hydrogen-bond acceptors (Lipinski definition) is 5. The van der Waals surface area contributed by atoms with Gasteiger partial charge in [-0.1, -0.05) is 24.1 Å².